The number of nitrogens with zero attached hydrogens (tertiary/aromatic N) is 3. The molecule has 15 heavy (non-hydrogen) atoms. The highest BCUT2D eigenvalue weighted by Crippen LogP contribution is 2.29. The van der Waals surface area contributed by atoms with Crippen LogP contribution in [-0.2, 0) is 9.59 Å². The van der Waals surface area contributed by atoms with Crippen molar-refractivity contribution in [2.45, 2.75) is 12.8 Å². The lowest BCUT2D eigenvalue weighted by Gasteiger charge is -2.11. The molecule has 0 spiro atoms. The minimum atomic E-state index is -1.15. The van der Waals surface area contributed by atoms with Gasteiger partial charge in [0.25, 0.3) is 11.8 Å². The second kappa shape index (κ2) is 4.41. The van der Waals surface area contributed by atoms with E-state index in [1.807, 2.05) is 0 Å². The maximum absolute atomic E-state index is 11.4. The van der Waals surface area contributed by atoms with Gasteiger partial charge in [-0.05, 0) is 18.8 Å². The lowest BCUT2D eigenvalue weighted by atomic mass is 10.3. The average Bonchev–Trinajstić information content (AvgIpc) is 2.98. The fourth-order valence-electron chi connectivity index (χ4n) is 1.05. The second-order valence-corrected chi connectivity index (χ2v) is 3.27. The molecule has 1 aliphatic carbocycles. The summed E-state index contributed by atoms with van der Waals surface area (Å²) in [5, 5.41) is 19.5. The number of carbonyl (C=O) groups excluding carboxylic acids is 2. The number of amides is 2. The van der Waals surface area contributed by atoms with Gasteiger partial charge >= 0.3 is 0 Å². The van der Waals surface area contributed by atoms with Crippen LogP contribution in [0.5, 0.6) is 0 Å². The molecule has 1 saturated carbocycles. The molecule has 7 nitrogen and oxygen atoms in total. The summed E-state index contributed by atoms with van der Waals surface area (Å²) in [5.74, 6) is -1.82. The van der Waals surface area contributed by atoms with Crippen LogP contribution in [-0.4, -0.2) is 34.2 Å². The van der Waals surface area contributed by atoms with Gasteiger partial charge in [0.1, 0.15) is 0 Å². The quantitative estimate of drug-likeness (QED) is 0.155. The molecule has 2 amide bonds. The normalized spacial score (nSPS) is 15.5. The van der Waals surface area contributed by atoms with Crippen molar-refractivity contribution in [2.75, 3.05) is 6.54 Å². The van der Waals surface area contributed by atoms with Crippen molar-refractivity contribution >= 4 is 17.5 Å². The average molecular weight is 210 g/mol. The van der Waals surface area contributed by atoms with E-state index in [9.17, 15) is 9.59 Å². The Morgan fingerprint density at radius 2 is 2.20 bits per heavy atom. The maximum Gasteiger partial charge on any atom is 0.294 e. The summed E-state index contributed by atoms with van der Waals surface area (Å²) in [6.45, 7) is 0.238. The van der Waals surface area contributed by atoms with Gasteiger partial charge in [-0.15, -0.1) is 0 Å². The van der Waals surface area contributed by atoms with E-state index in [0.717, 1.165) is 17.7 Å². The van der Waals surface area contributed by atoms with E-state index in [4.69, 9.17) is 16.2 Å². The molecule has 0 atom stereocenters. The van der Waals surface area contributed by atoms with Crippen LogP contribution in [0.2, 0.25) is 0 Å². The second-order valence-electron chi connectivity index (χ2n) is 3.27. The molecular formula is C8H10N4O3. The Kier molecular flexibility index (Phi) is 3.23. The Bertz CT molecular complexity index is 353. The van der Waals surface area contributed by atoms with Gasteiger partial charge in [-0.3, -0.25) is 9.59 Å². The Labute approximate surface area is 85.7 Å². The molecule has 0 aromatic rings. The number of hydrogen-bond donors (Lipinski definition) is 2. The summed E-state index contributed by atoms with van der Waals surface area (Å²) in [5.41, 5.74) is 3.98. The van der Waals surface area contributed by atoms with Crippen LogP contribution in [0.3, 0.4) is 0 Å². The largest absolute Gasteiger partial charge is 0.410 e. The molecule has 3 N–H and O–H groups in total. The van der Waals surface area contributed by atoms with Crippen LogP contribution in [0.15, 0.2) is 5.16 Å². The van der Waals surface area contributed by atoms with Gasteiger partial charge in [-0.25, -0.2) is 4.90 Å². The molecule has 80 valence electrons. The molecule has 1 fully saturated rings. The van der Waals surface area contributed by atoms with E-state index in [2.05, 4.69) is 5.16 Å². The molecule has 1 aliphatic rings. The number of primary amides is 1. The molecule has 0 aromatic carbocycles. The zero-order valence-corrected chi connectivity index (χ0v) is 7.88. The molecule has 0 aliphatic heterocycles. The SMILES string of the molecule is N#CN(CC1CC1)C(=O)C(=NO)C(N)=O. The molecule has 1 rings (SSSR count). The summed E-state index contributed by atoms with van der Waals surface area (Å²) in [6, 6.07) is 0. The van der Waals surface area contributed by atoms with E-state index in [-0.39, 0.29) is 6.54 Å². The molecule has 0 unspecified atom stereocenters. The van der Waals surface area contributed by atoms with Crippen LogP contribution in [0.4, 0.5) is 0 Å². The first-order valence-corrected chi connectivity index (χ1v) is 4.33. The van der Waals surface area contributed by atoms with Crippen LogP contribution >= 0.6 is 0 Å². The summed E-state index contributed by atoms with van der Waals surface area (Å²) in [6.07, 6.45) is 3.53. The Morgan fingerprint density at radius 3 is 2.53 bits per heavy atom. The van der Waals surface area contributed by atoms with Gasteiger partial charge in [0.2, 0.25) is 5.71 Å². The van der Waals surface area contributed by atoms with Crippen LogP contribution in [0.1, 0.15) is 12.8 Å². The van der Waals surface area contributed by atoms with E-state index < -0.39 is 17.5 Å². The van der Waals surface area contributed by atoms with Gasteiger partial charge in [0.05, 0.1) is 0 Å². The number of rotatable bonds is 4. The lowest BCUT2D eigenvalue weighted by Crippen LogP contribution is -2.41. The Hall–Kier alpha value is -2.10. The van der Waals surface area contributed by atoms with Gasteiger partial charge in [0.15, 0.2) is 6.19 Å². The third-order valence-electron chi connectivity index (χ3n) is 2.04. The first kappa shape index (κ1) is 11.0. The highest BCUT2D eigenvalue weighted by molar-refractivity contribution is 6.64. The van der Waals surface area contributed by atoms with Crippen molar-refractivity contribution in [3.8, 4) is 6.19 Å². The van der Waals surface area contributed by atoms with Gasteiger partial charge in [-0.2, -0.15) is 5.26 Å². The number of nitriles is 1. The Morgan fingerprint density at radius 1 is 1.60 bits per heavy atom. The molecule has 0 bridgehead atoms. The van der Waals surface area contributed by atoms with Gasteiger partial charge in [0, 0.05) is 6.54 Å². The van der Waals surface area contributed by atoms with Crippen molar-refractivity contribution in [1.82, 2.24) is 4.90 Å². The fraction of sp³-hybridized carbons (Fsp3) is 0.500. The van der Waals surface area contributed by atoms with E-state index >= 15 is 0 Å². The topological polar surface area (TPSA) is 120 Å². The van der Waals surface area contributed by atoms with Crippen molar-refractivity contribution in [3.63, 3.8) is 0 Å². The molecule has 0 heterocycles. The van der Waals surface area contributed by atoms with Crippen molar-refractivity contribution < 1.29 is 14.8 Å². The zero-order valence-electron chi connectivity index (χ0n) is 7.88. The summed E-state index contributed by atoms with van der Waals surface area (Å²) >= 11 is 0. The monoisotopic (exact) mass is 210 g/mol. The third-order valence-corrected chi connectivity index (χ3v) is 2.04. The number of nitrogens with two attached hydrogens (primary N) is 1. The smallest absolute Gasteiger partial charge is 0.294 e. The highest BCUT2D eigenvalue weighted by atomic mass is 16.4. The van der Waals surface area contributed by atoms with Crippen LogP contribution < -0.4 is 5.73 Å². The molecule has 0 radical (unpaired) electrons. The minimum Gasteiger partial charge on any atom is -0.410 e. The summed E-state index contributed by atoms with van der Waals surface area (Å²) in [4.78, 5) is 22.9. The molecular weight excluding hydrogens is 200 g/mol. The van der Waals surface area contributed by atoms with E-state index in [0.29, 0.717) is 5.92 Å². The number of hydrogen-bond acceptors (Lipinski definition) is 5. The standard InChI is InChI=1S/C8H10N4O3/c9-4-12(3-5-1-2-5)8(14)6(11-15)7(10)13/h5,15H,1-3H2,(H2,10,13). The van der Waals surface area contributed by atoms with E-state index in [1.165, 1.54) is 0 Å². The maximum atomic E-state index is 11.4. The van der Waals surface area contributed by atoms with Gasteiger partial charge < -0.3 is 10.9 Å². The summed E-state index contributed by atoms with van der Waals surface area (Å²) in [7, 11) is 0. The van der Waals surface area contributed by atoms with Crippen LogP contribution in [0.25, 0.3) is 0 Å². The van der Waals surface area contributed by atoms with Crippen molar-refractivity contribution in [3.05, 3.63) is 0 Å². The lowest BCUT2D eigenvalue weighted by molar-refractivity contribution is -0.123. The van der Waals surface area contributed by atoms with Crippen molar-refractivity contribution in [2.24, 2.45) is 16.8 Å². The first-order valence-electron chi connectivity index (χ1n) is 4.33. The zero-order chi connectivity index (χ0) is 11.4. The number of oxime groups is 1. The van der Waals surface area contributed by atoms with E-state index in [1.54, 1.807) is 6.19 Å². The first-order chi connectivity index (χ1) is 7.10. The van der Waals surface area contributed by atoms with Crippen LogP contribution in [0, 0.1) is 17.4 Å². The highest BCUT2D eigenvalue weighted by Gasteiger charge is 2.30. The Balaban J connectivity index is 2.71. The molecule has 7 heteroatoms. The van der Waals surface area contributed by atoms with Gasteiger partial charge in [-0.1, -0.05) is 5.16 Å². The predicted octanol–water partition coefficient (Wildman–Crippen LogP) is -0.978. The fourth-order valence-corrected chi connectivity index (χ4v) is 1.05. The molecule has 0 aromatic heterocycles. The predicted molar refractivity (Wildman–Crippen MR) is 48.5 cm³/mol. The third kappa shape index (κ3) is 2.67. The summed E-state index contributed by atoms with van der Waals surface area (Å²) < 4.78 is 0. The minimum absolute atomic E-state index is 0.238. The van der Waals surface area contributed by atoms with Crippen molar-refractivity contribution in [1.29, 1.82) is 5.26 Å². The molecule has 0 saturated heterocycles. The number of carbonyl (C=O) groups is 2.